The van der Waals surface area contributed by atoms with Gasteiger partial charge in [-0.3, -0.25) is 0 Å². The van der Waals surface area contributed by atoms with Crippen LogP contribution in [-0.4, -0.2) is 25.3 Å². The molecule has 1 aliphatic carbocycles. The minimum Gasteiger partial charge on any atom is -0.467 e. The molecular weight excluding hydrogens is 318 g/mol. The first kappa shape index (κ1) is 18.1. The Morgan fingerprint density at radius 2 is 2.20 bits per heavy atom. The van der Waals surface area contributed by atoms with E-state index < -0.39 is 0 Å². The van der Waals surface area contributed by atoms with Crippen LogP contribution in [0.4, 0.5) is 4.79 Å². The Kier molecular flexibility index (Phi) is 4.96. The van der Waals surface area contributed by atoms with Crippen LogP contribution in [-0.2, 0) is 9.47 Å². The predicted octanol–water partition coefficient (Wildman–Crippen LogP) is 4.32. The molecule has 1 aliphatic heterocycles. The van der Waals surface area contributed by atoms with Crippen molar-refractivity contribution >= 4 is 6.09 Å². The second-order valence-electron chi connectivity index (χ2n) is 7.87. The van der Waals surface area contributed by atoms with E-state index >= 15 is 0 Å². The number of alkyl carbamates (subject to hydrolysis) is 1. The Morgan fingerprint density at radius 1 is 1.44 bits per heavy atom. The third-order valence-corrected chi connectivity index (χ3v) is 5.95. The smallest absolute Gasteiger partial charge is 0.407 e. The number of nitrogens with one attached hydrogen (secondary N) is 1. The van der Waals surface area contributed by atoms with Crippen LogP contribution >= 0.6 is 0 Å². The fraction of sp³-hybridized carbons (Fsp3) is 0.650. The maximum absolute atomic E-state index is 12.0. The lowest BCUT2D eigenvalue weighted by Crippen LogP contribution is -2.54. The number of hydrogen-bond donors (Lipinski definition) is 1. The lowest BCUT2D eigenvalue weighted by atomic mass is 9.56. The summed E-state index contributed by atoms with van der Waals surface area (Å²) in [5.41, 5.74) is 1.12. The average Bonchev–Trinajstić information content (AvgIpc) is 3.05. The molecule has 1 saturated heterocycles. The first-order valence-electron chi connectivity index (χ1n) is 9.12. The third-order valence-electron chi connectivity index (χ3n) is 5.95. The SMILES string of the molecule is CC1=CC(C)[C@]2(COC(=O)NC(C)C)COC(c3ccco3)C1[C@H]2C. The van der Waals surface area contributed by atoms with Gasteiger partial charge in [0.1, 0.15) is 18.5 Å². The number of amides is 1. The number of fused-ring (bicyclic) bond motifs is 2. The molecule has 1 fully saturated rings. The molecule has 5 atom stereocenters. The van der Waals surface area contributed by atoms with Crippen LogP contribution in [0.5, 0.6) is 0 Å². The minimum absolute atomic E-state index is 0.0621. The fourth-order valence-electron chi connectivity index (χ4n) is 4.44. The van der Waals surface area contributed by atoms with Gasteiger partial charge < -0.3 is 19.2 Å². The highest BCUT2D eigenvalue weighted by molar-refractivity contribution is 5.67. The summed E-state index contributed by atoms with van der Waals surface area (Å²) in [6.45, 7) is 11.4. The lowest BCUT2D eigenvalue weighted by molar-refractivity contribution is -0.170. The molecule has 1 aromatic heterocycles. The third kappa shape index (κ3) is 3.22. The standard InChI is InChI=1S/C20H29NO4/c1-12(2)21-19(22)25-11-20-10-24-18(16-7-6-8-23-16)17(15(20)5)13(3)9-14(20)4/h6-9,12,14-15,17-18H,10-11H2,1-5H3,(H,21,22)/t14?,15-,17?,18?,20-/m1/s1. The van der Waals surface area contributed by atoms with Gasteiger partial charge in [0, 0.05) is 17.4 Å². The molecule has 1 N–H and O–H groups in total. The zero-order valence-electron chi connectivity index (χ0n) is 15.7. The quantitative estimate of drug-likeness (QED) is 0.824. The van der Waals surface area contributed by atoms with E-state index in [2.05, 4.69) is 32.2 Å². The Bertz CT molecular complexity index is 636. The largest absolute Gasteiger partial charge is 0.467 e. The summed E-state index contributed by atoms with van der Waals surface area (Å²) in [5.74, 6) is 1.70. The van der Waals surface area contributed by atoms with Crippen LogP contribution in [0.25, 0.3) is 0 Å². The summed E-state index contributed by atoms with van der Waals surface area (Å²) in [4.78, 5) is 12.0. The van der Waals surface area contributed by atoms with Crippen molar-refractivity contribution in [2.45, 2.75) is 46.8 Å². The highest BCUT2D eigenvalue weighted by Crippen LogP contribution is 2.56. The summed E-state index contributed by atoms with van der Waals surface area (Å²) in [7, 11) is 0. The number of ether oxygens (including phenoxy) is 2. The van der Waals surface area contributed by atoms with Gasteiger partial charge in [0.25, 0.3) is 0 Å². The van der Waals surface area contributed by atoms with Crippen molar-refractivity contribution in [2.75, 3.05) is 13.2 Å². The molecule has 0 radical (unpaired) electrons. The van der Waals surface area contributed by atoms with E-state index in [1.807, 2.05) is 26.0 Å². The molecule has 25 heavy (non-hydrogen) atoms. The Balaban J connectivity index is 1.82. The molecule has 0 spiro atoms. The first-order chi connectivity index (χ1) is 11.8. The van der Waals surface area contributed by atoms with Gasteiger partial charge in [-0.1, -0.05) is 25.5 Å². The second-order valence-corrected chi connectivity index (χ2v) is 7.87. The van der Waals surface area contributed by atoms with Crippen LogP contribution in [0.15, 0.2) is 34.5 Å². The van der Waals surface area contributed by atoms with E-state index in [-0.39, 0.29) is 35.5 Å². The molecule has 2 bridgehead atoms. The highest BCUT2D eigenvalue weighted by Gasteiger charge is 2.55. The second kappa shape index (κ2) is 6.87. The fourth-order valence-corrected chi connectivity index (χ4v) is 4.44. The van der Waals surface area contributed by atoms with Gasteiger partial charge in [-0.2, -0.15) is 0 Å². The summed E-state index contributed by atoms with van der Waals surface area (Å²) >= 11 is 0. The number of hydrogen-bond acceptors (Lipinski definition) is 4. The van der Waals surface area contributed by atoms with Crippen molar-refractivity contribution in [2.24, 2.45) is 23.2 Å². The normalized spacial score (nSPS) is 34.6. The molecule has 2 aliphatic rings. The van der Waals surface area contributed by atoms with E-state index in [1.165, 1.54) is 5.57 Å². The van der Waals surface area contributed by atoms with E-state index in [1.54, 1.807) is 6.26 Å². The number of furan rings is 1. The molecule has 1 amide bonds. The van der Waals surface area contributed by atoms with E-state index in [0.717, 1.165) is 5.76 Å². The van der Waals surface area contributed by atoms with Crippen molar-refractivity contribution in [3.8, 4) is 0 Å². The molecule has 5 heteroatoms. The molecule has 5 nitrogen and oxygen atoms in total. The van der Waals surface area contributed by atoms with Gasteiger partial charge in [-0.05, 0) is 44.7 Å². The van der Waals surface area contributed by atoms with Gasteiger partial charge in [0.05, 0.1) is 12.9 Å². The highest BCUT2D eigenvalue weighted by atomic mass is 16.6. The van der Waals surface area contributed by atoms with Crippen molar-refractivity contribution in [1.29, 1.82) is 0 Å². The first-order valence-corrected chi connectivity index (χ1v) is 9.12. The Labute approximate surface area is 149 Å². The van der Waals surface area contributed by atoms with E-state index in [0.29, 0.717) is 19.1 Å². The van der Waals surface area contributed by atoms with Crippen LogP contribution in [0.2, 0.25) is 0 Å². The molecule has 138 valence electrons. The van der Waals surface area contributed by atoms with Crippen LogP contribution in [0, 0.1) is 23.2 Å². The monoisotopic (exact) mass is 347 g/mol. The summed E-state index contributed by atoms with van der Waals surface area (Å²) in [6.07, 6.45) is 3.56. The van der Waals surface area contributed by atoms with Crippen LogP contribution in [0.3, 0.4) is 0 Å². The van der Waals surface area contributed by atoms with Gasteiger partial charge in [0.2, 0.25) is 0 Å². The summed E-state index contributed by atoms with van der Waals surface area (Å²) in [6, 6.07) is 3.93. The topological polar surface area (TPSA) is 60.7 Å². The van der Waals surface area contributed by atoms with Crippen molar-refractivity contribution in [3.05, 3.63) is 35.8 Å². The number of carbonyl (C=O) groups is 1. The molecule has 3 rings (SSSR count). The number of rotatable bonds is 4. The Hall–Kier alpha value is -1.75. The molecule has 3 unspecified atom stereocenters. The zero-order valence-corrected chi connectivity index (χ0v) is 15.7. The average molecular weight is 347 g/mol. The van der Waals surface area contributed by atoms with Crippen LogP contribution < -0.4 is 5.32 Å². The van der Waals surface area contributed by atoms with Crippen molar-refractivity contribution in [3.63, 3.8) is 0 Å². The van der Waals surface area contributed by atoms with Crippen LogP contribution in [0.1, 0.15) is 46.5 Å². The minimum atomic E-state index is -0.361. The molecule has 0 aromatic carbocycles. The maximum Gasteiger partial charge on any atom is 0.407 e. The maximum atomic E-state index is 12.0. The predicted molar refractivity (Wildman–Crippen MR) is 95.0 cm³/mol. The Morgan fingerprint density at radius 3 is 2.84 bits per heavy atom. The van der Waals surface area contributed by atoms with Gasteiger partial charge >= 0.3 is 6.09 Å². The van der Waals surface area contributed by atoms with Gasteiger partial charge in [-0.25, -0.2) is 4.79 Å². The molecule has 0 saturated carbocycles. The van der Waals surface area contributed by atoms with Crippen molar-refractivity contribution in [1.82, 2.24) is 5.32 Å². The van der Waals surface area contributed by atoms with Gasteiger partial charge in [-0.15, -0.1) is 0 Å². The molecule has 2 heterocycles. The van der Waals surface area contributed by atoms with E-state index in [4.69, 9.17) is 13.9 Å². The van der Waals surface area contributed by atoms with E-state index in [9.17, 15) is 4.79 Å². The summed E-state index contributed by atoms with van der Waals surface area (Å²) < 4.78 is 17.5. The molecular formula is C20H29NO4. The summed E-state index contributed by atoms with van der Waals surface area (Å²) in [5, 5.41) is 2.79. The number of carbonyl (C=O) groups excluding carboxylic acids is 1. The lowest BCUT2D eigenvalue weighted by Gasteiger charge is -2.54. The molecule has 1 aromatic rings. The van der Waals surface area contributed by atoms with Gasteiger partial charge in [0.15, 0.2) is 0 Å². The number of allylic oxidation sites excluding steroid dienone is 1. The zero-order chi connectivity index (χ0) is 18.2. The van der Waals surface area contributed by atoms with Crippen molar-refractivity contribution < 1.29 is 18.7 Å².